The Morgan fingerprint density at radius 3 is 2.19 bits per heavy atom. The van der Waals surface area contributed by atoms with E-state index in [0.29, 0.717) is 17.7 Å². The number of pyridine rings is 1. The van der Waals surface area contributed by atoms with Crippen LogP contribution in [0.1, 0.15) is 37.0 Å². The Labute approximate surface area is 209 Å². The van der Waals surface area contributed by atoms with Crippen LogP contribution in [0.4, 0.5) is 11.4 Å². The smallest absolute Gasteiger partial charge is 0.333 e. The minimum atomic E-state index is -0.543. The number of aromatic nitrogens is 1. The van der Waals surface area contributed by atoms with Crippen molar-refractivity contribution in [2.45, 2.75) is 40.2 Å². The van der Waals surface area contributed by atoms with Gasteiger partial charge in [-0.2, -0.15) is 5.26 Å². The van der Waals surface area contributed by atoms with Crippen molar-refractivity contribution in [3.05, 3.63) is 75.6 Å². The molecule has 0 radical (unpaired) electrons. The highest BCUT2D eigenvalue weighted by Gasteiger charge is 2.19. The van der Waals surface area contributed by atoms with Gasteiger partial charge in [-0.05, 0) is 44.9 Å². The third kappa shape index (κ3) is 7.24. The predicted molar refractivity (Wildman–Crippen MR) is 135 cm³/mol. The molecule has 0 aliphatic heterocycles. The number of aromatic hydroxyl groups is 1. The number of hydrogen-bond donors (Lipinski definition) is 3. The van der Waals surface area contributed by atoms with Gasteiger partial charge in [0.2, 0.25) is 5.88 Å². The van der Waals surface area contributed by atoms with Gasteiger partial charge in [0.25, 0.3) is 5.56 Å². The van der Waals surface area contributed by atoms with Crippen molar-refractivity contribution in [3.63, 3.8) is 0 Å². The fraction of sp³-hybridized carbons (Fsp3) is 0.308. The van der Waals surface area contributed by atoms with Crippen LogP contribution < -0.4 is 16.4 Å². The molecule has 0 saturated heterocycles. The van der Waals surface area contributed by atoms with E-state index in [0.717, 1.165) is 10.1 Å². The minimum absolute atomic E-state index is 0.0209. The maximum Gasteiger partial charge on any atom is 0.333 e. The SMILES string of the molecule is C=C(C)C(=O)OCCCn1c(O)c(C#N)c(C)c(NNc2ccc(CCOC(=O)C(=C)C)cc2)c1=O. The van der Waals surface area contributed by atoms with E-state index in [1.165, 1.54) is 6.92 Å². The second kappa shape index (κ2) is 12.8. The number of hydrogen-bond acceptors (Lipinski definition) is 9. The molecule has 0 atom stereocenters. The van der Waals surface area contributed by atoms with Crippen LogP contribution in [0.3, 0.4) is 0 Å². The lowest BCUT2D eigenvalue weighted by Crippen LogP contribution is -2.28. The van der Waals surface area contributed by atoms with E-state index in [4.69, 9.17) is 9.47 Å². The highest BCUT2D eigenvalue weighted by Crippen LogP contribution is 2.24. The molecular formula is C26H30N4O6. The summed E-state index contributed by atoms with van der Waals surface area (Å²) in [5.41, 5.74) is 7.73. The van der Waals surface area contributed by atoms with Gasteiger partial charge in [-0.1, -0.05) is 25.3 Å². The van der Waals surface area contributed by atoms with Gasteiger partial charge >= 0.3 is 11.9 Å². The molecule has 0 fully saturated rings. The largest absolute Gasteiger partial charge is 0.493 e. The van der Waals surface area contributed by atoms with Gasteiger partial charge in [-0.3, -0.25) is 14.8 Å². The molecule has 10 nitrogen and oxygen atoms in total. The number of nitrogens with zero attached hydrogens (tertiary/aromatic N) is 2. The number of anilines is 2. The summed E-state index contributed by atoms with van der Waals surface area (Å²) in [7, 11) is 0. The maximum absolute atomic E-state index is 13.0. The van der Waals surface area contributed by atoms with Crippen LogP contribution >= 0.6 is 0 Å². The monoisotopic (exact) mass is 494 g/mol. The van der Waals surface area contributed by atoms with Gasteiger partial charge in [0.05, 0.1) is 18.9 Å². The predicted octanol–water partition coefficient (Wildman–Crippen LogP) is 3.34. The van der Waals surface area contributed by atoms with Gasteiger partial charge in [-0.15, -0.1) is 0 Å². The standard InChI is InChI=1S/C26H30N4O6/c1-16(2)25(33)35-13-6-12-30-23(31)21(15-27)18(5)22(24(30)32)29-28-20-9-7-19(8-10-20)11-14-36-26(34)17(3)4/h7-10,28-29,31H,1,3,6,11-14H2,2,4-5H3. The lowest BCUT2D eigenvalue weighted by Gasteiger charge is -2.17. The summed E-state index contributed by atoms with van der Waals surface area (Å²) in [6.45, 7) is 12.0. The van der Waals surface area contributed by atoms with Crippen molar-refractivity contribution in [2.24, 2.45) is 0 Å². The molecule has 1 aromatic carbocycles. The van der Waals surface area contributed by atoms with Crippen LogP contribution in [0.15, 0.2) is 53.4 Å². The Hall–Kier alpha value is -4.52. The molecule has 190 valence electrons. The molecule has 1 heterocycles. The molecule has 0 spiro atoms. The van der Waals surface area contributed by atoms with E-state index in [2.05, 4.69) is 24.0 Å². The molecule has 10 heteroatoms. The average molecular weight is 495 g/mol. The number of carbonyl (C=O) groups excluding carboxylic acids is 2. The van der Waals surface area contributed by atoms with Crippen LogP contribution in [-0.4, -0.2) is 34.8 Å². The molecule has 0 aliphatic carbocycles. The summed E-state index contributed by atoms with van der Waals surface area (Å²) >= 11 is 0. The van der Waals surface area contributed by atoms with Crippen LogP contribution in [0, 0.1) is 18.3 Å². The van der Waals surface area contributed by atoms with E-state index in [9.17, 15) is 24.8 Å². The molecule has 1 aromatic heterocycles. The van der Waals surface area contributed by atoms with Crippen molar-refractivity contribution < 1.29 is 24.2 Å². The number of nitriles is 1. The van der Waals surface area contributed by atoms with Crippen molar-refractivity contribution in [1.29, 1.82) is 5.26 Å². The summed E-state index contributed by atoms with van der Waals surface area (Å²) in [5, 5.41) is 20.0. The van der Waals surface area contributed by atoms with Crippen molar-refractivity contribution in [3.8, 4) is 11.9 Å². The molecule has 0 saturated carbocycles. The summed E-state index contributed by atoms with van der Waals surface area (Å²) in [5.74, 6) is -1.43. The molecule has 0 unspecified atom stereocenters. The molecule has 2 aromatic rings. The lowest BCUT2D eigenvalue weighted by atomic mass is 10.1. The van der Waals surface area contributed by atoms with Crippen LogP contribution in [0.25, 0.3) is 0 Å². The molecule has 0 bridgehead atoms. The van der Waals surface area contributed by atoms with E-state index < -0.39 is 23.4 Å². The summed E-state index contributed by atoms with van der Waals surface area (Å²) in [6.07, 6.45) is 0.776. The number of hydrazine groups is 1. The fourth-order valence-electron chi connectivity index (χ4n) is 3.09. The molecule has 0 amide bonds. The second-order valence-electron chi connectivity index (χ2n) is 8.15. The number of ether oxygens (including phenoxy) is 2. The number of rotatable bonds is 12. The second-order valence-corrected chi connectivity index (χ2v) is 8.15. The minimum Gasteiger partial charge on any atom is -0.493 e. The third-order valence-electron chi connectivity index (χ3n) is 5.17. The topological polar surface area (TPSA) is 143 Å². The number of carbonyl (C=O) groups is 2. The highest BCUT2D eigenvalue weighted by atomic mass is 16.5. The first kappa shape index (κ1) is 27.7. The number of esters is 2. The van der Waals surface area contributed by atoms with E-state index in [1.807, 2.05) is 18.2 Å². The molecular weight excluding hydrogens is 464 g/mol. The molecule has 0 aliphatic rings. The van der Waals surface area contributed by atoms with Crippen LogP contribution in [0.5, 0.6) is 5.88 Å². The van der Waals surface area contributed by atoms with Crippen molar-refractivity contribution >= 4 is 23.3 Å². The molecule has 2 rings (SSSR count). The Morgan fingerprint density at radius 2 is 1.64 bits per heavy atom. The van der Waals surface area contributed by atoms with Gasteiger partial charge in [-0.25, -0.2) is 9.59 Å². The zero-order valence-corrected chi connectivity index (χ0v) is 20.6. The summed E-state index contributed by atoms with van der Waals surface area (Å²) in [6, 6.07) is 9.15. The Bertz CT molecular complexity index is 1260. The fourth-order valence-corrected chi connectivity index (χ4v) is 3.09. The van der Waals surface area contributed by atoms with Gasteiger partial charge in [0, 0.05) is 29.7 Å². The Balaban J connectivity index is 2.09. The third-order valence-corrected chi connectivity index (χ3v) is 5.17. The van der Waals surface area contributed by atoms with Crippen LogP contribution in [0.2, 0.25) is 0 Å². The van der Waals surface area contributed by atoms with Gasteiger partial charge in [0.15, 0.2) is 0 Å². The van der Waals surface area contributed by atoms with Crippen molar-refractivity contribution in [1.82, 2.24) is 4.57 Å². The average Bonchev–Trinajstić information content (AvgIpc) is 2.84. The Morgan fingerprint density at radius 1 is 1.06 bits per heavy atom. The first-order valence-corrected chi connectivity index (χ1v) is 11.2. The maximum atomic E-state index is 13.0. The number of benzene rings is 1. The summed E-state index contributed by atoms with van der Waals surface area (Å²) in [4.78, 5) is 36.0. The van der Waals surface area contributed by atoms with Gasteiger partial charge in [0.1, 0.15) is 17.3 Å². The zero-order valence-electron chi connectivity index (χ0n) is 20.6. The zero-order chi connectivity index (χ0) is 26.8. The normalized spacial score (nSPS) is 10.2. The van der Waals surface area contributed by atoms with Crippen LogP contribution in [-0.2, 0) is 32.0 Å². The van der Waals surface area contributed by atoms with Gasteiger partial charge < -0.3 is 20.0 Å². The van der Waals surface area contributed by atoms with Crippen molar-refractivity contribution in [2.75, 3.05) is 24.1 Å². The highest BCUT2D eigenvalue weighted by molar-refractivity contribution is 5.87. The van der Waals surface area contributed by atoms with E-state index in [-0.39, 0.29) is 48.6 Å². The Kier molecular flexibility index (Phi) is 9.86. The quantitative estimate of drug-likeness (QED) is 0.175. The summed E-state index contributed by atoms with van der Waals surface area (Å²) < 4.78 is 11.2. The molecule has 3 N–H and O–H groups in total. The first-order chi connectivity index (χ1) is 17.1. The lowest BCUT2D eigenvalue weighted by molar-refractivity contribution is -0.139. The van der Waals surface area contributed by atoms with E-state index >= 15 is 0 Å². The first-order valence-electron chi connectivity index (χ1n) is 11.2. The van der Waals surface area contributed by atoms with E-state index in [1.54, 1.807) is 26.0 Å². The molecule has 36 heavy (non-hydrogen) atoms. The number of nitrogens with one attached hydrogen (secondary N) is 2.